The van der Waals surface area contributed by atoms with Crippen LogP contribution in [0.3, 0.4) is 0 Å². The Balaban J connectivity index is 1.24. The van der Waals surface area contributed by atoms with E-state index in [1.54, 1.807) is 13.8 Å². The van der Waals surface area contributed by atoms with Crippen LogP contribution in [-0.4, -0.2) is 64.5 Å². The predicted molar refractivity (Wildman–Crippen MR) is 212 cm³/mol. The number of carbonyl (C=O) groups excluding carboxylic acids is 2. The first kappa shape index (κ1) is 40.3. The van der Waals surface area contributed by atoms with Gasteiger partial charge in [-0.3, -0.25) is 0 Å². The third-order valence-corrected chi connectivity index (χ3v) is 8.44. The standard InChI is InChI=1S/C44H46N4O6/c1-5-47(39-17-9-33(10-18-39)29-37(31-45)43(49)51-7-3)25-27-53-41-21-13-35(14-22-41)36-15-23-42(24-16-36)54-28-26-48(6-2)40-19-11-34(12-20-40)30-38(32-46)44(50)52-8-4/h9-24,29-30H,5-8,25-28H2,1-4H3/b37-29+,38-30+. The number of hydrogen-bond donors (Lipinski definition) is 0. The molecule has 0 fully saturated rings. The van der Waals surface area contributed by atoms with E-state index in [-0.39, 0.29) is 24.4 Å². The van der Waals surface area contributed by atoms with Crippen LogP contribution in [-0.2, 0) is 19.1 Å². The Labute approximate surface area is 318 Å². The number of ether oxygens (including phenoxy) is 4. The summed E-state index contributed by atoms with van der Waals surface area (Å²) >= 11 is 0. The van der Waals surface area contributed by atoms with E-state index in [9.17, 15) is 20.1 Å². The lowest BCUT2D eigenvalue weighted by molar-refractivity contribution is -0.138. The van der Waals surface area contributed by atoms with E-state index in [0.29, 0.717) is 26.3 Å². The van der Waals surface area contributed by atoms with Crippen molar-refractivity contribution in [2.45, 2.75) is 27.7 Å². The predicted octanol–water partition coefficient (Wildman–Crippen LogP) is 8.10. The van der Waals surface area contributed by atoms with Gasteiger partial charge in [0.15, 0.2) is 0 Å². The summed E-state index contributed by atoms with van der Waals surface area (Å²) in [4.78, 5) is 28.2. The van der Waals surface area contributed by atoms with E-state index in [2.05, 4.69) is 23.6 Å². The highest BCUT2D eigenvalue weighted by Gasteiger charge is 2.12. The molecule has 0 atom stereocenters. The fourth-order valence-corrected chi connectivity index (χ4v) is 5.56. The van der Waals surface area contributed by atoms with Crippen molar-refractivity contribution >= 4 is 35.5 Å². The third kappa shape index (κ3) is 11.8. The normalized spacial score (nSPS) is 11.1. The van der Waals surface area contributed by atoms with E-state index < -0.39 is 11.9 Å². The smallest absolute Gasteiger partial charge is 0.348 e. The molecule has 0 amide bonds. The van der Waals surface area contributed by atoms with Gasteiger partial charge in [-0.2, -0.15) is 10.5 Å². The maximum absolute atomic E-state index is 11.9. The molecule has 0 saturated carbocycles. The molecule has 4 aromatic carbocycles. The van der Waals surface area contributed by atoms with E-state index in [1.165, 1.54) is 12.2 Å². The van der Waals surface area contributed by atoms with Gasteiger partial charge in [0.2, 0.25) is 0 Å². The van der Waals surface area contributed by atoms with Crippen LogP contribution in [0.15, 0.2) is 108 Å². The van der Waals surface area contributed by atoms with E-state index in [4.69, 9.17) is 18.9 Å². The Morgan fingerprint density at radius 3 is 1.20 bits per heavy atom. The van der Waals surface area contributed by atoms with Gasteiger partial charge in [0, 0.05) is 24.5 Å². The van der Waals surface area contributed by atoms with E-state index in [1.807, 2.05) is 109 Å². The summed E-state index contributed by atoms with van der Waals surface area (Å²) < 4.78 is 22.0. The van der Waals surface area contributed by atoms with Crippen LogP contribution in [0.1, 0.15) is 38.8 Å². The highest BCUT2D eigenvalue weighted by Crippen LogP contribution is 2.25. The van der Waals surface area contributed by atoms with E-state index >= 15 is 0 Å². The zero-order chi connectivity index (χ0) is 38.7. The summed E-state index contributed by atoms with van der Waals surface area (Å²) in [6, 6.07) is 35.2. The minimum Gasteiger partial charge on any atom is -0.492 e. The molecule has 0 aliphatic heterocycles. The molecule has 0 aromatic heterocycles. The van der Waals surface area contributed by atoms with Crippen LogP contribution in [0.5, 0.6) is 11.5 Å². The second-order valence-corrected chi connectivity index (χ2v) is 11.9. The number of rotatable bonds is 19. The number of likely N-dealkylation sites (N-methyl/N-ethyl adjacent to an activating group) is 2. The van der Waals surface area contributed by atoms with Gasteiger partial charge in [0.1, 0.15) is 48.0 Å². The summed E-state index contributed by atoms with van der Waals surface area (Å²) in [5.74, 6) is 0.325. The zero-order valence-corrected chi connectivity index (χ0v) is 31.3. The topological polar surface area (TPSA) is 125 Å². The summed E-state index contributed by atoms with van der Waals surface area (Å²) in [6.45, 7) is 12.0. The Kier molecular flexibility index (Phi) is 15.7. The molecule has 0 unspecified atom stereocenters. The van der Waals surface area contributed by atoms with Crippen LogP contribution >= 0.6 is 0 Å². The number of anilines is 2. The van der Waals surface area contributed by atoms with Crippen LogP contribution in [0.4, 0.5) is 11.4 Å². The number of esters is 2. The molecule has 0 saturated heterocycles. The first-order chi connectivity index (χ1) is 26.3. The van der Waals surface area contributed by atoms with Crippen LogP contribution in [0.25, 0.3) is 23.3 Å². The summed E-state index contributed by atoms with van der Waals surface area (Å²) in [5.41, 5.74) is 5.61. The molecule has 0 spiro atoms. The molecule has 4 aromatic rings. The molecule has 0 N–H and O–H groups in total. The number of nitriles is 2. The number of carbonyl (C=O) groups is 2. The summed E-state index contributed by atoms with van der Waals surface area (Å²) in [5, 5.41) is 18.6. The first-order valence-corrected chi connectivity index (χ1v) is 18.1. The Morgan fingerprint density at radius 1 is 0.556 bits per heavy atom. The lowest BCUT2D eigenvalue weighted by atomic mass is 10.1. The van der Waals surface area contributed by atoms with Gasteiger partial charge in [-0.15, -0.1) is 0 Å². The Hall–Kier alpha value is -6.52. The second kappa shape index (κ2) is 21.1. The molecule has 278 valence electrons. The number of hydrogen-bond acceptors (Lipinski definition) is 10. The van der Waals surface area contributed by atoms with Crippen molar-refractivity contribution in [2.24, 2.45) is 0 Å². The van der Waals surface area contributed by atoms with Gasteiger partial charge in [0.05, 0.1) is 26.3 Å². The lowest BCUT2D eigenvalue weighted by Gasteiger charge is -2.23. The zero-order valence-electron chi connectivity index (χ0n) is 31.3. The first-order valence-electron chi connectivity index (χ1n) is 18.1. The third-order valence-electron chi connectivity index (χ3n) is 8.44. The molecular formula is C44H46N4O6. The maximum atomic E-state index is 11.9. The van der Waals surface area contributed by atoms with E-state index in [0.717, 1.165) is 58.2 Å². The van der Waals surface area contributed by atoms with Crippen LogP contribution < -0.4 is 19.3 Å². The Bertz CT molecular complexity index is 1810. The van der Waals surface area contributed by atoms with Gasteiger partial charge in [-0.25, -0.2) is 9.59 Å². The highest BCUT2D eigenvalue weighted by atomic mass is 16.5. The summed E-state index contributed by atoms with van der Waals surface area (Å²) in [7, 11) is 0. The fourth-order valence-electron chi connectivity index (χ4n) is 5.56. The minimum atomic E-state index is -0.623. The molecule has 0 aliphatic carbocycles. The summed E-state index contributed by atoms with van der Waals surface area (Å²) in [6.07, 6.45) is 3.06. The lowest BCUT2D eigenvalue weighted by Crippen LogP contribution is -2.28. The van der Waals surface area contributed by atoms with Gasteiger partial charge >= 0.3 is 11.9 Å². The molecular weight excluding hydrogens is 681 g/mol. The average molecular weight is 727 g/mol. The quantitative estimate of drug-likeness (QED) is 0.0532. The van der Waals surface area contributed by atoms with Crippen molar-refractivity contribution in [1.82, 2.24) is 0 Å². The van der Waals surface area contributed by atoms with Crippen molar-refractivity contribution in [3.63, 3.8) is 0 Å². The second-order valence-electron chi connectivity index (χ2n) is 11.9. The molecule has 4 rings (SSSR count). The molecule has 0 bridgehead atoms. The average Bonchev–Trinajstić information content (AvgIpc) is 3.20. The molecule has 0 radical (unpaired) electrons. The van der Waals surface area contributed by atoms with Gasteiger partial charge in [0.25, 0.3) is 0 Å². The SMILES string of the molecule is CCOC(=O)/C(C#N)=C/c1ccc(N(CC)CCOc2ccc(-c3ccc(OCCN(CC)c4ccc(/C=C(\C#N)C(=O)OCC)cc4)cc3)cc2)cc1. The monoisotopic (exact) mass is 726 g/mol. The van der Waals surface area contributed by atoms with Gasteiger partial charge in [-0.1, -0.05) is 48.5 Å². The van der Waals surface area contributed by atoms with Gasteiger partial charge < -0.3 is 28.7 Å². The fraction of sp³-hybridized carbons (Fsp3) is 0.273. The molecule has 10 heteroatoms. The van der Waals surface area contributed by atoms with Crippen LogP contribution in [0.2, 0.25) is 0 Å². The Morgan fingerprint density at radius 2 is 0.907 bits per heavy atom. The minimum absolute atomic E-state index is 0.0313. The van der Waals surface area contributed by atoms with Crippen molar-refractivity contribution < 1.29 is 28.5 Å². The van der Waals surface area contributed by atoms with Gasteiger partial charge in [-0.05, 0) is 111 Å². The van der Waals surface area contributed by atoms with Crippen molar-refractivity contribution in [3.8, 4) is 34.8 Å². The van der Waals surface area contributed by atoms with Crippen molar-refractivity contribution in [2.75, 3.05) is 62.4 Å². The molecule has 10 nitrogen and oxygen atoms in total. The number of nitrogens with zero attached hydrogens (tertiary/aromatic N) is 4. The largest absolute Gasteiger partial charge is 0.492 e. The number of benzene rings is 4. The van der Waals surface area contributed by atoms with Crippen molar-refractivity contribution in [3.05, 3.63) is 119 Å². The maximum Gasteiger partial charge on any atom is 0.348 e. The van der Waals surface area contributed by atoms with Crippen molar-refractivity contribution in [1.29, 1.82) is 10.5 Å². The highest BCUT2D eigenvalue weighted by molar-refractivity contribution is 5.98. The molecule has 0 aliphatic rings. The molecule has 0 heterocycles. The molecule has 54 heavy (non-hydrogen) atoms. The van der Waals surface area contributed by atoms with Crippen LogP contribution in [0, 0.1) is 22.7 Å².